The van der Waals surface area contributed by atoms with Crippen molar-refractivity contribution in [1.82, 2.24) is 10.2 Å². The molecule has 1 N–H and O–H groups in total. The third kappa shape index (κ3) is 4.11. The molecule has 1 aromatic carbocycles. The Kier molecular flexibility index (Phi) is 4.79. The molecule has 0 amide bonds. The largest absolute Gasteiger partial charge is 0.313 e. The van der Waals surface area contributed by atoms with E-state index in [-0.39, 0.29) is 0 Å². The molecule has 0 aliphatic carbocycles. The maximum atomic E-state index is 3.63. The van der Waals surface area contributed by atoms with Crippen LogP contribution in [0.3, 0.4) is 0 Å². The Morgan fingerprint density at radius 1 is 1.28 bits per heavy atom. The van der Waals surface area contributed by atoms with Crippen LogP contribution in [0.25, 0.3) is 0 Å². The Morgan fingerprint density at radius 3 is 2.67 bits per heavy atom. The molecule has 2 unspecified atom stereocenters. The Bertz CT molecular complexity index is 358. The van der Waals surface area contributed by atoms with Gasteiger partial charge >= 0.3 is 0 Å². The predicted octanol–water partition coefficient (Wildman–Crippen LogP) is 2.81. The van der Waals surface area contributed by atoms with Crippen LogP contribution in [0.4, 0.5) is 0 Å². The number of likely N-dealkylation sites (N-methyl/N-ethyl adjacent to an activating group) is 1. The number of nitrogens with one attached hydrogen (secondary N) is 1. The van der Waals surface area contributed by atoms with E-state index in [4.69, 9.17) is 0 Å². The SMILES string of the molecule is Cc1ccc(CN(C)CC2CC(C)CCN2)cc1. The van der Waals surface area contributed by atoms with Crippen molar-refractivity contribution in [1.29, 1.82) is 0 Å². The fraction of sp³-hybridized carbons (Fsp3) is 0.625. The quantitative estimate of drug-likeness (QED) is 0.879. The summed E-state index contributed by atoms with van der Waals surface area (Å²) in [7, 11) is 2.22. The molecule has 18 heavy (non-hydrogen) atoms. The van der Waals surface area contributed by atoms with Crippen molar-refractivity contribution in [3.05, 3.63) is 35.4 Å². The molecule has 0 aromatic heterocycles. The molecule has 0 radical (unpaired) electrons. The van der Waals surface area contributed by atoms with Gasteiger partial charge in [0.2, 0.25) is 0 Å². The van der Waals surface area contributed by atoms with Crippen LogP contribution >= 0.6 is 0 Å². The van der Waals surface area contributed by atoms with Gasteiger partial charge in [-0.2, -0.15) is 0 Å². The van der Waals surface area contributed by atoms with Crippen LogP contribution in [0.1, 0.15) is 30.9 Å². The van der Waals surface area contributed by atoms with Crippen LogP contribution < -0.4 is 5.32 Å². The van der Waals surface area contributed by atoms with Crippen molar-refractivity contribution in [2.45, 2.75) is 39.3 Å². The van der Waals surface area contributed by atoms with Gasteiger partial charge in [-0.15, -0.1) is 0 Å². The molecule has 1 heterocycles. The van der Waals surface area contributed by atoms with Gasteiger partial charge in [-0.05, 0) is 44.8 Å². The number of hydrogen-bond acceptors (Lipinski definition) is 2. The number of hydrogen-bond donors (Lipinski definition) is 1. The first-order chi connectivity index (χ1) is 8.63. The van der Waals surface area contributed by atoms with Crippen LogP contribution in [-0.2, 0) is 6.54 Å². The topological polar surface area (TPSA) is 15.3 Å². The van der Waals surface area contributed by atoms with E-state index in [2.05, 4.69) is 55.4 Å². The van der Waals surface area contributed by atoms with E-state index in [1.807, 2.05) is 0 Å². The van der Waals surface area contributed by atoms with Crippen LogP contribution in [-0.4, -0.2) is 31.1 Å². The lowest BCUT2D eigenvalue weighted by molar-refractivity contribution is 0.230. The maximum Gasteiger partial charge on any atom is 0.0231 e. The molecular formula is C16H26N2. The summed E-state index contributed by atoms with van der Waals surface area (Å²) in [5, 5.41) is 3.63. The molecule has 2 atom stereocenters. The lowest BCUT2D eigenvalue weighted by Crippen LogP contribution is -2.44. The molecule has 2 nitrogen and oxygen atoms in total. The van der Waals surface area contributed by atoms with Crippen molar-refractivity contribution < 1.29 is 0 Å². The van der Waals surface area contributed by atoms with E-state index in [0.29, 0.717) is 6.04 Å². The summed E-state index contributed by atoms with van der Waals surface area (Å²) in [5.41, 5.74) is 2.75. The minimum atomic E-state index is 0.671. The molecule has 1 aliphatic heterocycles. The van der Waals surface area contributed by atoms with Gasteiger partial charge in [0.05, 0.1) is 0 Å². The zero-order chi connectivity index (χ0) is 13.0. The van der Waals surface area contributed by atoms with Crippen LogP contribution in [0.2, 0.25) is 0 Å². The van der Waals surface area contributed by atoms with Crippen molar-refractivity contribution in [3.8, 4) is 0 Å². The number of benzene rings is 1. The molecule has 0 bridgehead atoms. The van der Waals surface area contributed by atoms with Crippen molar-refractivity contribution in [2.24, 2.45) is 5.92 Å². The second-order valence-corrected chi connectivity index (χ2v) is 5.96. The molecule has 2 heteroatoms. The van der Waals surface area contributed by atoms with Crippen LogP contribution in [0, 0.1) is 12.8 Å². The third-order valence-electron chi connectivity index (χ3n) is 3.86. The summed E-state index contributed by atoms with van der Waals surface area (Å²) in [6, 6.07) is 9.55. The second-order valence-electron chi connectivity index (χ2n) is 5.96. The molecule has 0 spiro atoms. The van der Waals surface area contributed by atoms with Gasteiger partial charge < -0.3 is 10.2 Å². The first-order valence-electron chi connectivity index (χ1n) is 7.11. The summed E-state index contributed by atoms with van der Waals surface area (Å²) in [4.78, 5) is 2.43. The molecule has 1 aliphatic rings. The molecule has 0 saturated carbocycles. The summed E-state index contributed by atoms with van der Waals surface area (Å²) < 4.78 is 0. The minimum Gasteiger partial charge on any atom is -0.313 e. The Morgan fingerprint density at radius 2 is 2.00 bits per heavy atom. The summed E-state index contributed by atoms with van der Waals surface area (Å²) >= 11 is 0. The highest BCUT2D eigenvalue weighted by Gasteiger charge is 2.19. The summed E-state index contributed by atoms with van der Waals surface area (Å²) in [5.74, 6) is 0.879. The third-order valence-corrected chi connectivity index (χ3v) is 3.86. The first-order valence-corrected chi connectivity index (χ1v) is 7.11. The number of aryl methyl sites for hydroxylation is 1. The lowest BCUT2D eigenvalue weighted by atomic mass is 9.94. The zero-order valence-electron chi connectivity index (χ0n) is 11.9. The Balaban J connectivity index is 1.81. The monoisotopic (exact) mass is 246 g/mol. The second kappa shape index (κ2) is 6.35. The lowest BCUT2D eigenvalue weighted by Gasteiger charge is -2.31. The van der Waals surface area contributed by atoms with E-state index in [1.165, 1.54) is 30.5 Å². The van der Waals surface area contributed by atoms with Gasteiger partial charge in [0.1, 0.15) is 0 Å². The van der Waals surface area contributed by atoms with Crippen molar-refractivity contribution >= 4 is 0 Å². The van der Waals surface area contributed by atoms with E-state index >= 15 is 0 Å². The van der Waals surface area contributed by atoms with Crippen LogP contribution in [0.5, 0.6) is 0 Å². The van der Waals surface area contributed by atoms with Crippen LogP contribution in [0.15, 0.2) is 24.3 Å². The van der Waals surface area contributed by atoms with Gasteiger partial charge in [0, 0.05) is 19.1 Å². The average Bonchev–Trinajstić information content (AvgIpc) is 2.32. The Labute approximate surface area is 111 Å². The first kappa shape index (κ1) is 13.6. The standard InChI is InChI=1S/C16H26N2/c1-13-4-6-15(7-5-13)11-18(3)12-16-10-14(2)8-9-17-16/h4-7,14,16-17H,8-12H2,1-3H3. The van der Waals surface area contributed by atoms with Gasteiger partial charge in [-0.3, -0.25) is 0 Å². The fourth-order valence-corrected chi connectivity index (χ4v) is 2.81. The number of piperidine rings is 1. The van der Waals surface area contributed by atoms with Gasteiger partial charge in [0.15, 0.2) is 0 Å². The molecule has 100 valence electrons. The van der Waals surface area contributed by atoms with Gasteiger partial charge in [-0.25, -0.2) is 0 Å². The number of nitrogens with zero attached hydrogens (tertiary/aromatic N) is 1. The highest BCUT2D eigenvalue weighted by Crippen LogP contribution is 2.16. The van der Waals surface area contributed by atoms with E-state index in [0.717, 1.165) is 19.0 Å². The van der Waals surface area contributed by atoms with Crippen molar-refractivity contribution in [3.63, 3.8) is 0 Å². The van der Waals surface area contributed by atoms with E-state index in [1.54, 1.807) is 0 Å². The van der Waals surface area contributed by atoms with Gasteiger partial charge in [0.25, 0.3) is 0 Å². The average molecular weight is 246 g/mol. The van der Waals surface area contributed by atoms with Gasteiger partial charge in [-0.1, -0.05) is 36.8 Å². The minimum absolute atomic E-state index is 0.671. The molecule has 1 saturated heterocycles. The highest BCUT2D eigenvalue weighted by molar-refractivity contribution is 5.21. The van der Waals surface area contributed by atoms with E-state index < -0.39 is 0 Å². The fourth-order valence-electron chi connectivity index (χ4n) is 2.81. The smallest absolute Gasteiger partial charge is 0.0231 e. The summed E-state index contributed by atoms with van der Waals surface area (Å²) in [6.45, 7) is 7.89. The summed E-state index contributed by atoms with van der Waals surface area (Å²) in [6.07, 6.45) is 2.65. The molecule has 1 aromatic rings. The molecule has 1 fully saturated rings. The van der Waals surface area contributed by atoms with E-state index in [9.17, 15) is 0 Å². The number of rotatable bonds is 4. The predicted molar refractivity (Wildman–Crippen MR) is 77.7 cm³/mol. The highest BCUT2D eigenvalue weighted by atomic mass is 15.1. The zero-order valence-corrected chi connectivity index (χ0v) is 11.9. The maximum absolute atomic E-state index is 3.63. The van der Waals surface area contributed by atoms with Crippen molar-refractivity contribution in [2.75, 3.05) is 20.1 Å². The normalized spacial score (nSPS) is 24.4. The molecular weight excluding hydrogens is 220 g/mol. The Hall–Kier alpha value is -0.860. The molecule has 2 rings (SSSR count).